The van der Waals surface area contributed by atoms with Crippen molar-refractivity contribution in [3.8, 4) is 11.5 Å². The van der Waals surface area contributed by atoms with Gasteiger partial charge in [-0.25, -0.2) is 9.67 Å². The Kier molecular flexibility index (Phi) is 3.44. The fourth-order valence-corrected chi connectivity index (χ4v) is 2.11. The molecule has 1 aliphatic rings. The first-order valence-electron chi connectivity index (χ1n) is 6.96. The van der Waals surface area contributed by atoms with Gasteiger partial charge in [-0.1, -0.05) is 26.8 Å². The largest absolute Gasteiger partial charge is 0.454 e. The summed E-state index contributed by atoms with van der Waals surface area (Å²) >= 11 is 0. The lowest BCUT2D eigenvalue weighted by atomic mass is 9.88. The molecule has 0 fully saturated rings. The highest BCUT2D eigenvalue weighted by Gasteiger charge is 2.27. The van der Waals surface area contributed by atoms with Crippen LogP contribution in [0.5, 0.6) is 11.5 Å². The van der Waals surface area contributed by atoms with Crippen LogP contribution in [-0.4, -0.2) is 27.3 Å². The van der Waals surface area contributed by atoms with E-state index >= 15 is 0 Å². The number of fused-ring (bicyclic) bond motifs is 1. The zero-order chi connectivity index (χ0) is 15.7. The van der Waals surface area contributed by atoms with E-state index in [1.54, 1.807) is 6.08 Å². The predicted molar refractivity (Wildman–Crippen MR) is 81.2 cm³/mol. The van der Waals surface area contributed by atoms with Gasteiger partial charge >= 0.3 is 0 Å². The maximum Gasteiger partial charge on any atom is 0.231 e. The van der Waals surface area contributed by atoms with E-state index < -0.39 is 5.41 Å². The molecule has 0 bridgehead atoms. The second kappa shape index (κ2) is 5.29. The molecular weight excluding hydrogens is 282 g/mol. The Labute approximate surface area is 128 Å². The quantitative estimate of drug-likeness (QED) is 0.815. The number of benzene rings is 1. The molecule has 22 heavy (non-hydrogen) atoms. The van der Waals surface area contributed by atoms with E-state index in [2.05, 4.69) is 10.1 Å². The molecule has 0 saturated heterocycles. The molecule has 0 amide bonds. The molecule has 0 atom stereocenters. The summed E-state index contributed by atoms with van der Waals surface area (Å²) in [7, 11) is 0. The summed E-state index contributed by atoms with van der Waals surface area (Å²) in [5.41, 5.74) is 0.782. The van der Waals surface area contributed by atoms with E-state index in [0.717, 1.165) is 5.56 Å². The molecule has 0 N–H and O–H groups in total. The molecule has 1 aromatic heterocycles. The summed E-state index contributed by atoms with van der Waals surface area (Å²) in [6, 6.07) is 5.55. The molecule has 0 aliphatic carbocycles. The third-order valence-corrected chi connectivity index (χ3v) is 3.28. The molecular formula is C16H17N3O3. The van der Waals surface area contributed by atoms with Gasteiger partial charge in [0, 0.05) is 5.41 Å². The van der Waals surface area contributed by atoms with Gasteiger partial charge in [-0.2, -0.15) is 5.10 Å². The van der Waals surface area contributed by atoms with Gasteiger partial charge in [0.25, 0.3) is 0 Å². The monoisotopic (exact) mass is 299 g/mol. The maximum atomic E-state index is 12.7. The third kappa shape index (κ3) is 2.72. The molecule has 0 saturated carbocycles. The Bertz CT molecular complexity index is 728. The van der Waals surface area contributed by atoms with Crippen molar-refractivity contribution in [3.63, 3.8) is 0 Å². The topological polar surface area (TPSA) is 66.2 Å². The molecule has 2 heterocycles. The van der Waals surface area contributed by atoms with Crippen LogP contribution in [-0.2, 0) is 4.79 Å². The fourth-order valence-electron chi connectivity index (χ4n) is 2.11. The normalized spacial score (nSPS) is 14.2. The number of rotatable bonds is 3. The van der Waals surface area contributed by atoms with E-state index in [9.17, 15) is 4.79 Å². The van der Waals surface area contributed by atoms with Crippen LogP contribution in [0.4, 0.5) is 0 Å². The summed E-state index contributed by atoms with van der Waals surface area (Å²) < 4.78 is 12.1. The lowest BCUT2D eigenvalue weighted by molar-refractivity contribution is -0.120. The lowest BCUT2D eigenvalue weighted by Crippen LogP contribution is -2.24. The SMILES string of the molecule is CC(C)(C)C(=O)C(=Cc1ccc2c(c1)OCO2)n1cncn1. The number of carbonyl (C=O) groups is 1. The van der Waals surface area contributed by atoms with Crippen molar-refractivity contribution in [1.29, 1.82) is 0 Å². The number of aromatic nitrogens is 3. The zero-order valence-corrected chi connectivity index (χ0v) is 12.7. The number of carbonyl (C=O) groups excluding carboxylic acids is 1. The van der Waals surface area contributed by atoms with E-state index in [1.807, 2.05) is 39.0 Å². The molecule has 3 rings (SSSR count). The van der Waals surface area contributed by atoms with Crippen LogP contribution < -0.4 is 9.47 Å². The highest BCUT2D eigenvalue weighted by Crippen LogP contribution is 2.33. The molecule has 114 valence electrons. The van der Waals surface area contributed by atoms with Crippen LogP contribution in [0.25, 0.3) is 11.8 Å². The van der Waals surface area contributed by atoms with Crippen LogP contribution in [0.2, 0.25) is 0 Å². The summed E-state index contributed by atoms with van der Waals surface area (Å²) in [5, 5.41) is 4.08. The number of Topliss-reactive ketones (excluding diaryl/α,β-unsaturated/α-hetero) is 1. The summed E-state index contributed by atoms with van der Waals surface area (Å²) in [6.07, 6.45) is 4.70. The van der Waals surface area contributed by atoms with Gasteiger partial charge in [0.05, 0.1) is 0 Å². The van der Waals surface area contributed by atoms with Crippen molar-refractivity contribution < 1.29 is 14.3 Å². The van der Waals surface area contributed by atoms with Crippen LogP contribution in [0, 0.1) is 5.41 Å². The summed E-state index contributed by atoms with van der Waals surface area (Å²) in [6.45, 7) is 5.85. The van der Waals surface area contributed by atoms with Gasteiger partial charge in [0.1, 0.15) is 18.4 Å². The standard InChI is InChI=1S/C16H17N3O3/c1-16(2,3)15(20)12(19-9-17-8-18-19)6-11-4-5-13-14(7-11)22-10-21-13/h4-9H,10H2,1-3H3. The number of nitrogens with zero attached hydrogens (tertiary/aromatic N) is 3. The number of ether oxygens (including phenoxy) is 2. The first-order valence-corrected chi connectivity index (χ1v) is 6.96. The van der Waals surface area contributed by atoms with Gasteiger partial charge in [0.2, 0.25) is 6.79 Å². The first kappa shape index (κ1) is 14.3. The van der Waals surface area contributed by atoms with E-state index in [-0.39, 0.29) is 12.6 Å². The van der Waals surface area contributed by atoms with Gasteiger partial charge < -0.3 is 9.47 Å². The van der Waals surface area contributed by atoms with Crippen molar-refractivity contribution in [1.82, 2.24) is 14.8 Å². The highest BCUT2D eigenvalue weighted by molar-refractivity contribution is 6.21. The number of allylic oxidation sites excluding steroid dienone is 1. The number of hydrogen-bond donors (Lipinski definition) is 0. The fraction of sp³-hybridized carbons (Fsp3) is 0.312. The van der Waals surface area contributed by atoms with Gasteiger partial charge in [-0.3, -0.25) is 4.79 Å². The number of ketones is 1. The Hall–Kier alpha value is -2.63. The molecule has 0 unspecified atom stereocenters. The number of hydrogen-bond acceptors (Lipinski definition) is 5. The van der Waals surface area contributed by atoms with Crippen LogP contribution in [0.1, 0.15) is 26.3 Å². The summed E-state index contributed by atoms with van der Waals surface area (Å²) in [5.74, 6) is 1.37. The minimum Gasteiger partial charge on any atom is -0.454 e. The lowest BCUT2D eigenvalue weighted by Gasteiger charge is -2.18. The van der Waals surface area contributed by atoms with Crippen molar-refractivity contribution in [2.45, 2.75) is 20.8 Å². The van der Waals surface area contributed by atoms with Crippen LogP contribution in [0.3, 0.4) is 0 Å². The van der Waals surface area contributed by atoms with Crippen molar-refractivity contribution in [2.75, 3.05) is 6.79 Å². The predicted octanol–water partition coefficient (Wildman–Crippen LogP) is 2.62. The second-order valence-electron chi connectivity index (χ2n) is 6.06. The van der Waals surface area contributed by atoms with Gasteiger partial charge in [-0.15, -0.1) is 0 Å². The molecule has 0 radical (unpaired) electrons. The first-order chi connectivity index (χ1) is 10.4. The average Bonchev–Trinajstić information content (AvgIpc) is 3.13. The Morgan fingerprint density at radius 2 is 2.05 bits per heavy atom. The minimum atomic E-state index is -0.520. The van der Waals surface area contributed by atoms with E-state index in [4.69, 9.17) is 9.47 Å². The average molecular weight is 299 g/mol. The zero-order valence-electron chi connectivity index (χ0n) is 12.7. The maximum absolute atomic E-state index is 12.7. The van der Waals surface area contributed by atoms with Crippen LogP contribution >= 0.6 is 0 Å². The molecule has 2 aromatic rings. The molecule has 6 nitrogen and oxygen atoms in total. The van der Waals surface area contributed by atoms with Crippen molar-refractivity contribution in [2.24, 2.45) is 5.41 Å². The molecule has 1 aliphatic heterocycles. The van der Waals surface area contributed by atoms with E-state index in [1.165, 1.54) is 17.3 Å². The minimum absolute atomic E-state index is 0.0179. The molecule has 6 heteroatoms. The second-order valence-corrected chi connectivity index (χ2v) is 6.06. The van der Waals surface area contributed by atoms with Crippen molar-refractivity contribution in [3.05, 3.63) is 36.4 Å². The Morgan fingerprint density at radius 1 is 1.27 bits per heavy atom. The summed E-state index contributed by atoms with van der Waals surface area (Å²) in [4.78, 5) is 16.6. The van der Waals surface area contributed by atoms with Crippen LogP contribution in [0.15, 0.2) is 30.9 Å². The third-order valence-electron chi connectivity index (χ3n) is 3.28. The highest BCUT2D eigenvalue weighted by atomic mass is 16.7. The smallest absolute Gasteiger partial charge is 0.231 e. The molecule has 0 spiro atoms. The Balaban J connectivity index is 2.04. The van der Waals surface area contributed by atoms with E-state index in [0.29, 0.717) is 17.2 Å². The van der Waals surface area contributed by atoms with Crippen molar-refractivity contribution >= 4 is 17.6 Å². The molecule has 1 aromatic carbocycles. The van der Waals surface area contributed by atoms with Gasteiger partial charge in [0.15, 0.2) is 17.3 Å². The Morgan fingerprint density at radius 3 is 2.73 bits per heavy atom. The van der Waals surface area contributed by atoms with Gasteiger partial charge in [-0.05, 0) is 23.8 Å².